The number of rotatable bonds is 7. The van der Waals surface area contributed by atoms with Crippen molar-refractivity contribution in [3.8, 4) is 0 Å². The molecular formula is C27H30F2N4O4. The molecule has 0 unspecified atom stereocenters. The number of piperazine rings is 1. The van der Waals surface area contributed by atoms with Crippen LogP contribution in [0.4, 0.5) is 13.6 Å². The molecule has 1 N–H and O–H groups in total. The van der Waals surface area contributed by atoms with Crippen molar-refractivity contribution in [1.29, 1.82) is 0 Å². The van der Waals surface area contributed by atoms with Gasteiger partial charge in [-0.05, 0) is 43.7 Å². The molecule has 10 heteroatoms. The second-order valence-electron chi connectivity index (χ2n) is 8.81. The van der Waals surface area contributed by atoms with E-state index < -0.39 is 29.7 Å². The standard InChI is InChI=1S/C27H30F2N4O4/c1-3-33-22(17-31-12-14-32(15-13-31)25(34)20-10-5-6-11-21(20)29)23(26(35)37-4-2)24(30-27(33)36)18-8-7-9-19(28)16-18/h5-11,16,24H,3-4,12-15,17H2,1-2H3,(H,30,36)/t24-/m1/s1. The number of urea groups is 1. The van der Waals surface area contributed by atoms with E-state index >= 15 is 0 Å². The summed E-state index contributed by atoms with van der Waals surface area (Å²) in [5.74, 6) is -2.00. The maximum atomic E-state index is 14.1. The molecule has 0 spiro atoms. The zero-order valence-electron chi connectivity index (χ0n) is 20.9. The summed E-state index contributed by atoms with van der Waals surface area (Å²) in [6, 6.07) is 10.4. The lowest BCUT2D eigenvalue weighted by molar-refractivity contribution is -0.139. The SMILES string of the molecule is CCOC(=O)C1=C(CN2CCN(C(=O)c3ccccc3F)CC2)N(CC)C(=O)N[C@@H]1c1cccc(F)c1. The number of hydrogen-bond acceptors (Lipinski definition) is 5. The predicted octanol–water partition coefficient (Wildman–Crippen LogP) is 3.33. The highest BCUT2D eigenvalue weighted by Crippen LogP contribution is 2.32. The van der Waals surface area contributed by atoms with Crippen molar-refractivity contribution in [2.24, 2.45) is 0 Å². The summed E-state index contributed by atoms with van der Waals surface area (Å²) >= 11 is 0. The molecule has 1 atom stereocenters. The van der Waals surface area contributed by atoms with Crippen LogP contribution in [0, 0.1) is 11.6 Å². The van der Waals surface area contributed by atoms with Gasteiger partial charge in [-0.3, -0.25) is 14.6 Å². The second kappa shape index (κ2) is 11.5. The fourth-order valence-electron chi connectivity index (χ4n) is 4.72. The Labute approximate surface area is 214 Å². The first-order valence-electron chi connectivity index (χ1n) is 12.3. The Morgan fingerprint density at radius 3 is 2.41 bits per heavy atom. The molecule has 37 heavy (non-hydrogen) atoms. The minimum Gasteiger partial charge on any atom is -0.463 e. The highest BCUT2D eigenvalue weighted by Gasteiger charge is 2.38. The van der Waals surface area contributed by atoms with Crippen LogP contribution < -0.4 is 5.32 Å². The maximum Gasteiger partial charge on any atom is 0.338 e. The molecule has 0 bridgehead atoms. The van der Waals surface area contributed by atoms with Crippen molar-refractivity contribution in [1.82, 2.24) is 20.0 Å². The summed E-state index contributed by atoms with van der Waals surface area (Å²) < 4.78 is 33.5. The molecule has 2 aromatic carbocycles. The molecule has 2 aliphatic heterocycles. The summed E-state index contributed by atoms with van der Waals surface area (Å²) in [4.78, 5) is 44.1. The van der Waals surface area contributed by atoms with Crippen LogP contribution in [0.3, 0.4) is 0 Å². The largest absolute Gasteiger partial charge is 0.463 e. The highest BCUT2D eigenvalue weighted by atomic mass is 19.1. The third-order valence-electron chi connectivity index (χ3n) is 6.57. The van der Waals surface area contributed by atoms with Gasteiger partial charge in [-0.25, -0.2) is 18.4 Å². The van der Waals surface area contributed by atoms with Crippen LogP contribution in [0.25, 0.3) is 0 Å². The Bertz CT molecular complexity index is 1210. The number of carbonyl (C=O) groups is 3. The first-order chi connectivity index (χ1) is 17.8. The van der Waals surface area contributed by atoms with Gasteiger partial charge >= 0.3 is 12.0 Å². The smallest absolute Gasteiger partial charge is 0.338 e. The molecule has 0 aliphatic carbocycles. The minimum atomic E-state index is -0.871. The molecule has 0 saturated carbocycles. The first kappa shape index (κ1) is 26.3. The highest BCUT2D eigenvalue weighted by molar-refractivity contribution is 5.95. The summed E-state index contributed by atoms with van der Waals surface area (Å²) in [5.41, 5.74) is 1.19. The van der Waals surface area contributed by atoms with Gasteiger partial charge in [0.1, 0.15) is 11.6 Å². The number of hydrogen-bond donors (Lipinski definition) is 1. The monoisotopic (exact) mass is 512 g/mol. The van der Waals surface area contributed by atoms with Gasteiger partial charge < -0.3 is 15.0 Å². The number of halogens is 2. The van der Waals surface area contributed by atoms with Gasteiger partial charge in [-0.1, -0.05) is 24.3 Å². The average Bonchev–Trinajstić information content (AvgIpc) is 2.89. The molecule has 1 fully saturated rings. The molecule has 0 radical (unpaired) electrons. The molecular weight excluding hydrogens is 482 g/mol. The van der Waals surface area contributed by atoms with E-state index in [-0.39, 0.29) is 30.2 Å². The van der Waals surface area contributed by atoms with Crippen LogP contribution in [0.2, 0.25) is 0 Å². The van der Waals surface area contributed by atoms with Gasteiger partial charge in [0.15, 0.2) is 0 Å². The van der Waals surface area contributed by atoms with Crippen molar-refractivity contribution in [3.05, 3.63) is 82.6 Å². The van der Waals surface area contributed by atoms with Crippen LogP contribution in [-0.4, -0.2) is 78.5 Å². The van der Waals surface area contributed by atoms with Crippen LogP contribution in [0.15, 0.2) is 59.8 Å². The Hall–Kier alpha value is -3.79. The normalized spacial score (nSPS) is 18.6. The third-order valence-corrected chi connectivity index (χ3v) is 6.57. The third kappa shape index (κ3) is 5.64. The lowest BCUT2D eigenvalue weighted by Gasteiger charge is -2.40. The van der Waals surface area contributed by atoms with Gasteiger partial charge in [0.2, 0.25) is 0 Å². The Balaban J connectivity index is 1.60. The number of amides is 3. The molecule has 0 aromatic heterocycles. The number of esters is 1. The summed E-state index contributed by atoms with van der Waals surface area (Å²) in [5, 5.41) is 2.82. The molecule has 1 saturated heterocycles. The fourth-order valence-corrected chi connectivity index (χ4v) is 4.72. The summed E-state index contributed by atoms with van der Waals surface area (Å²) in [6.45, 7) is 5.85. The topological polar surface area (TPSA) is 82.2 Å². The van der Waals surface area contributed by atoms with Crippen molar-refractivity contribution >= 4 is 17.9 Å². The first-order valence-corrected chi connectivity index (χ1v) is 12.3. The van der Waals surface area contributed by atoms with Gasteiger partial charge in [-0.15, -0.1) is 0 Å². The lowest BCUT2D eigenvalue weighted by atomic mass is 9.94. The molecule has 2 heterocycles. The van der Waals surface area contributed by atoms with Crippen molar-refractivity contribution in [2.75, 3.05) is 45.9 Å². The number of benzene rings is 2. The van der Waals surface area contributed by atoms with E-state index in [1.165, 1.54) is 41.3 Å². The van der Waals surface area contributed by atoms with Crippen molar-refractivity contribution in [2.45, 2.75) is 19.9 Å². The van der Waals surface area contributed by atoms with E-state index in [1.54, 1.807) is 30.9 Å². The van der Waals surface area contributed by atoms with Gasteiger partial charge in [0.05, 0.1) is 23.8 Å². The molecule has 196 valence electrons. The van der Waals surface area contributed by atoms with Crippen LogP contribution >= 0.6 is 0 Å². The van der Waals surface area contributed by atoms with E-state index in [2.05, 4.69) is 5.32 Å². The quantitative estimate of drug-likeness (QED) is 0.576. The van der Waals surface area contributed by atoms with Crippen LogP contribution in [0.1, 0.15) is 35.8 Å². The van der Waals surface area contributed by atoms with E-state index in [1.807, 2.05) is 4.90 Å². The summed E-state index contributed by atoms with van der Waals surface area (Å²) in [7, 11) is 0. The van der Waals surface area contributed by atoms with E-state index in [0.717, 1.165) is 0 Å². The Morgan fingerprint density at radius 1 is 1.03 bits per heavy atom. The van der Waals surface area contributed by atoms with E-state index in [4.69, 9.17) is 4.74 Å². The number of nitrogens with one attached hydrogen (secondary N) is 1. The number of ether oxygens (including phenoxy) is 1. The van der Waals surface area contributed by atoms with Crippen LogP contribution in [0.5, 0.6) is 0 Å². The van der Waals surface area contributed by atoms with E-state index in [9.17, 15) is 23.2 Å². The number of likely N-dealkylation sites (N-methyl/N-ethyl adjacent to an activating group) is 1. The van der Waals surface area contributed by atoms with Crippen molar-refractivity contribution in [3.63, 3.8) is 0 Å². The Morgan fingerprint density at radius 2 is 1.76 bits per heavy atom. The number of carbonyl (C=O) groups excluding carboxylic acids is 3. The predicted molar refractivity (Wildman–Crippen MR) is 132 cm³/mol. The zero-order valence-corrected chi connectivity index (χ0v) is 20.9. The average molecular weight is 513 g/mol. The summed E-state index contributed by atoms with van der Waals surface area (Å²) in [6.07, 6.45) is 0. The molecule has 4 rings (SSSR count). The van der Waals surface area contributed by atoms with Gasteiger partial charge in [-0.2, -0.15) is 0 Å². The minimum absolute atomic E-state index is 0.0299. The Kier molecular flexibility index (Phi) is 8.17. The fraction of sp³-hybridized carbons (Fsp3) is 0.370. The van der Waals surface area contributed by atoms with Gasteiger partial charge in [0.25, 0.3) is 5.91 Å². The number of nitrogens with zero attached hydrogens (tertiary/aromatic N) is 3. The van der Waals surface area contributed by atoms with Gasteiger partial charge in [0, 0.05) is 45.0 Å². The molecule has 3 amide bonds. The molecule has 2 aromatic rings. The van der Waals surface area contributed by atoms with Crippen LogP contribution in [-0.2, 0) is 9.53 Å². The maximum absolute atomic E-state index is 14.1. The molecule has 8 nitrogen and oxygen atoms in total. The molecule has 2 aliphatic rings. The van der Waals surface area contributed by atoms with E-state index in [0.29, 0.717) is 44.0 Å². The lowest BCUT2D eigenvalue weighted by Crippen LogP contribution is -2.53. The zero-order chi connectivity index (χ0) is 26.5. The second-order valence-corrected chi connectivity index (χ2v) is 8.81. The van der Waals surface area contributed by atoms with Crippen molar-refractivity contribution < 1.29 is 27.9 Å².